The molecule has 3 aromatic rings. The maximum atomic E-state index is 12.5. The molecule has 0 amide bonds. The molecule has 2 aromatic heterocycles. The summed E-state index contributed by atoms with van der Waals surface area (Å²) in [5.74, 6) is -1.86. The van der Waals surface area contributed by atoms with Crippen LogP contribution in [0.15, 0.2) is 33.2 Å². The molecule has 0 fully saturated rings. The van der Waals surface area contributed by atoms with E-state index in [4.69, 9.17) is 9.15 Å². The molecule has 0 saturated heterocycles. The van der Waals surface area contributed by atoms with E-state index >= 15 is 0 Å². The Bertz CT molecular complexity index is 918. The molecule has 0 bridgehead atoms. The van der Waals surface area contributed by atoms with E-state index in [0.717, 1.165) is 0 Å². The van der Waals surface area contributed by atoms with Crippen LogP contribution in [0.2, 0.25) is 0 Å². The fourth-order valence-electron chi connectivity index (χ4n) is 1.97. The zero-order valence-corrected chi connectivity index (χ0v) is 13.4. The second-order valence-electron chi connectivity index (χ2n) is 5.21. The highest BCUT2D eigenvalue weighted by molar-refractivity contribution is 5.90. The Morgan fingerprint density at radius 1 is 1.19 bits per heavy atom. The van der Waals surface area contributed by atoms with E-state index in [1.165, 1.54) is 24.3 Å². The fourth-order valence-corrected chi connectivity index (χ4v) is 1.97. The molecule has 0 aliphatic heterocycles. The highest BCUT2D eigenvalue weighted by Crippen LogP contribution is 2.29. The number of nitrogens with zero attached hydrogens (tertiary/aromatic N) is 4. The van der Waals surface area contributed by atoms with Gasteiger partial charge in [-0.15, -0.1) is 10.2 Å². The smallest absolute Gasteiger partial charge is 0.449 e. The van der Waals surface area contributed by atoms with Gasteiger partial charge < -0.3 is 13.7 Å². The standard InChI is InChI=1S/C15H11F3N4O4/c1-7(12-21-20-8(2)25-12)24-13(23)10-5-3-9(4-6-10)11-19-14(26-22-11)15(16,17)18/h3-7H,1-2H3/t7-/m0/s1. The van der Waals surface area contributed by atoms with Gasteiger partial charge >= 0.3 is 18.0 Å². The van der Waals surface area contributed by atoms with Gasteiger partial charge in [0.2, 0.25) is 11.7 Å². The van der Waals surface area contributed by atoms with E-state index < -0.39 is 24.1 Å². The van der Waals surface area contributed by atoms with E-state index in [-0.39, 0.29) is 22.8 Å². The summed E-state index contributed by atoms with van der Waals surface area (Å²) in [4.78, 5) is 15.4. The Hall–Kier alpha value is -3.24. The molecule has 0 aliphatic rings. The average Bonchev–Trinajstić information content (AvgIpc) is 3.23. The summed E-state index contributed by atoms with van der Waals surface area (Å²) < 4.78 is 52.0. The number of halogens is 3. The number of aromatic nitrogens is 4. The Labute approximate surface area is 144 Å². The monoisotopic (exact) mass is 368 g/mol. The molecule has 2 heterocycles. The lowest BCUT2D eigenvalue weighted by molar-refractivity contribution is -0.159. The van der Waals surface area contributed by atoms with Crippen LogP contribution in [0.1, 0.15) is 41.1 Å². The first-order chi connectivity index (χ1) is 12.2. The number of hydrogen-bond acceptors (Lipinski definition) is 8. The summed E-state index contributed by atoms with van der Waals surface area (Å²) in [5.41, 5.74) is 0.428. The van der Waals surface area contributed by atoms with Crippen LogP contribution in [-0.2, 0) is 10.9 Å². The van der Waals surface area contributed by atoms with Gasteiger partial charge in [-0.3, -0.25) is 0 Å². The van der Waals surface area contributed by atoms with Crippen LogP contribution in [0.25, 0.3) is 11.4 Å². The number of carbonyl (C=O) groups excluding carboxylic acids is 1. The van der Waals surface area contributed by atoms with Crippen molar-refractivity contribution in [3.05, 3.63) is 47.5 Å². The number of rotatable bonds is 4. The van der Waals surface area contributed by atoms with E-state index in [1.807, 2.05) is 0 Å². The van der Waals surface area contributed by atoms with Gasteiger partial charge in [-0.25, -0.2) is 4.79 Å². The van der Waals surface area contributed by atoms with Gasteiger partial charge in [-0.05, 0) is 19.1 Å². The van der Waals surface area contributed by atoms with Crippen molar-refractivity contribution in [2.45, 2.75) is 26.1 Å². The van der Waals surface area contributed by atoms with Crippen molar-refractivity contribution in [3.63, 3.8) is 0 Å². The number of aryl methyl sites for hydroxylation is 1. The van der Waals surface area contributed by atoms with Crippen LogP contribution >= 0.6 is 0 Å². The molecule has 0 N–H and O–H groups in total. The molecule has 3 rings (SSSR count). The van der Waals surface area contributed by atoms with Crippen molar-refractivity contribution in [1.29, 1.82) is 0 Å². The van der Waals surface area contributed by atoms with Crippen molar-refractivity contribution in [2.24, 2.45) is 0 Å². The van der Waals surface area contributed by atoms with Crippen LogP contribution in [0, 0.1) is 6.92 Å². The summed E-state index contributed by atoms with van der Waals surface area (Å²) in [6.45, 7) is 3.17. The lowest BCUT2D eigenvalue weighted by Crippen LogP contribution is -2.09. The lowest BCUT2D eigenvalue weighted by Gasteiger charge is -2.09. The van der Waals surface area contributed by atoms with Crippen molar-refractivity contribution in [1.82, 2.24) is 20.3 Å². The predicted octanol–water partition coefficient (Wildman–Crippen LogP) is 3.36. The van der Waals surface area contributed by atoms with Gasteiger partial charge in [-0.1, -0.05) is 17.3 Å². The summed E-state index contributed by atoms with van der Waals surface area (Å²) in [6, 6.07) is 5.49. The summed E-state index contributed by atoms with van der Waals surface area (Å²) in [6.07, 6.45) is -5.48. The number of benzene rings is 1. The third kappa shape index (κ3) is 3.71. The summed E-state index contributed by atoms with van der Waals surface area (Å²) >= 11 is 0. The van der Waals surface area contributed by atoms with E-state index in [9.17, 15) is 18.0 Å². The molecular formula is C15H11F3N4O4. The minimum absolute atomic E-state index is 0.152. The van der Waals surface area contributed by atoms with Gasteiger partial charge in [0.15, 0.2) is 6.10 Å². The van der Waals surface area contributed by atoms with Gasteiger partial charge in [0.1, 0.15) is 0 Å². The molecule has 0 saturated carbocycles. The molecule has 1 atom stereocenters. The fraction of sp³-hybridized carbons (Fsp3) is 0.267. The van der Waals surface area contributed by atoms with Crippen molar-refractivity contribution in [2.75, 3.05) is 0 Å². The molecule has 11 heteroatoms. The summed E-state index contributed by atoms with van der Waals surface area (Å²) in [5, 5.41) is 10.7. The molecule has 26 heavy (non-hydrogen) atoms. The third-order valence-electron chi connectivity index (χ3n) is 3.22. The normalized spacial score (nSPS) is 12.8. The van der Waals surface area contributed by atoms with E-state index in [2.05, 4.69) is 24.9 Å². The second kappa shape index (κ2) is 6.58. The van der Waals surface area contributed by atoms with Gasteiger partial charge in [0.25, 0.3) is 5.89 Å². The van der Waals surface area contributed by atoms with Crippen LogP contribution < -0.4 is 0 Å². The Morgan fingerprint density at radius 3 is 2.42 bits per heavy atom. The molecule has 0 aliphatic carbocycles. The molecule has 1 aromatic carbocycles. The van der Waals surface area contributed by atoms with Crippen LogP contribution in [0.4, 0.5) is 13.2 Å². The largest absolute Gasteiger partial charge is 0.471 e. The number of carbonyl (C=O) groups is 1. The van der Waals surface area contributed by atoms with Crippen molar-refractivity contribution >= 4 is 5.97 Å². The molecule has 0 radical (unpaired) electrons. The van der Waals surface area contributed by atoms with Crippen molar-refractivity contribution in [3.8, 4) is 11.4 Å². The van der Waals surface area contributed by atoms with Gasteiger partial charge in [0, 0.05) is 12.5 Å². The highest BCUT2D eigenvalue weighted by atomic mass is 19.4. The number of ether oxygens (including phenoxy) is 1. The Balaban J connectivity index is 1.71. The second-order valence-corrected chi connectivity index (χ2v) is 5.21. The quantitative estimate of drug-likeness (QED) is 0.646. The predicted molar refractivity (Wildman–Crippen MR) is 77.6 cm³/mol. The zero-order valence-electron chi connectivity index (χ0n) is 13.4. The van der Waals surface area contributed by atoms with E-state index in [0.29, 0.717) is 5.89 Å². The maximum Gasteiger partial charge on any atom is 0.471 e. The highest BCUT2D eigenvalue weighted by Gasteiger charge is 2.38. The Morgan fingerprint density at radius 2 is 1.88 bits per heavy atom. The minimum atomic E-state index is -4.72. The number of esters is 1. The van der Waals surface area contributed by atoms with Crippen LogP contribution in [0.5, 0.6) is 0 Å². The first-order valence-electron chi connectivity index (χ1n) is 7.26. The third-order valence-corrected chi connectivity index (χ3v) is 3.22. The van der Waals surface area contributed by atoms with Crippen LogP contribution in [-0.4, -0.2) is 26.3 Å². The average molecular weight is 368 g/mol. The number of hydrogen-bond donors (Lipinski definition) is 0. The lowest BCUT2D eigenvalue weighted by atomic mass is 10.1. The van der Waals surface area contributed by atoms with Crippen LogP contribution in [0.3, 0.4) is 0 Å². The molecule has 136 valence electrons. The summed E-state index contributed by atoms with van der Waals surface area (Å²) in [7, 11) is 0. The Kier molecular flexibility index (Phi) is 4.45. The van der Waals surface area contributed by atoms with Gasteiger partial charge in [0.05, 0.1) is 5.56 Å². The maximum absolute atomic E-state index is 12.5. The molecule has 0 spiro atoms. The van der Waals surface area contributed by atoms with Gasteiger partial charge in [-0.2, -0.15) is 18.2 Å². The molecule has 0 unspecified atom stereocenters. The first kappa shape index (κ1) is 17.6. The zero-order chi connectivity index (χ0) is 18.9. The number of alkyl halides is 3. The van der Waals surface area contributed by atoms with Crippen molar-refractivity contribution < 1.29 is 31.6 Å². The molecule has 8 nitrogen and oxygen atoms in total. The molecular weight excluding hydrogens is 357 g/mol. The minimum Gasteiger partial charge on any atom is -0.449 e. The van der Waals surface area contributed by atoms with E-state index in [1.54, 1.807) is 13.8 Å². The SMILES string of the molecule is Cc1nnc([C@H](C)OC(=O)c2ccc(-c3noc(C(F)(F)F)n3)cc2)o1. The topological polar surface area (TPSA) is 104 Å². The first-order valence-corrected chi connectivity index (χ1v) is 7.26.